The summed E-state index contributed by atoms with van der Waals surface area (Å²) in [5.41, 5.74) is 0.667. The van der Waals surface area contributed by atoms with Gasteiger partial charge in [0.05, 0.1) is 9.77 Å². The van der Waals surface area contributed by atoms with Crippen molar-refractivity contribution in [2.45, 2.75) is 19.9 Å². The number of carbonyl (C=O) groups is 1. The first-order chi connectivity index (χ1) is 5.16. The maximum Gasteiger partial charge on any atom is 0.169 e. The topological polar surface area (TPSA) is 34.9 Å². The molecule has 0 aliphatic carbocycles. The highest BCUT2D eigenvalue weighted by Crippen LogP contribution is 2.13. The Balaban J connectivity index is 3.15. The molecule has 60 valence electrons. The molecule has 0 bridgehead atoms. The lowest BCUT2D eigenvalue weighted by molar-refractivity contribution is 0.111. The molecule has 0 fully saturated rings. The highest BCUT2D eigenvalue weighted by molar-refractivity contribution is 14.1. The van der Waals surface area contributed by atoms with Crippen molar-refractivity contribution in [3.05, 3.63) is 15.5 Å². The van der Waals surface area contributed by atoms with Crippen LogP contribution in [0.15, 0.2) is 6.20 Å². The lowest BCUT2D eigenvalue weighted by atomic mass is 10.4. The van der Waals surface area contributed by atoms with Crippen LogP contribution in [-0.4, -0.2) is 16.1 Å². The van der Waals surface area contributed by atoms with Crippen molar-refractivity contribution in [1.29, 1.82) is 0 Å². The van der Waals surface area contributed by atoms with Crippen LogP contribution in [0.4, 0.5) is 0 Å². The van der Waals surface area contributed by atoms with Crippen LogP contribution in [0.1, 0.15) is 30.4 Å². The van der Waals surface area contributed by atoms with E-state index < -0.39 is 0 Å². The van der Waals surface area contributed by atoms with Crippen LogP contribution in [0.3, 0.4) is 0 Å². The molecule has 0 atom stereocenters. The standard InChI is InChI=1S/C7H9IN2O/c1-5(2)10-7(4-11)6(8)3-9-10/h3-5H,1-2H3. The van der Waals surface area contributed by atoms with Crippen molar-refractivity contribution < 1.29 is 4.79 Å². The number of aldehydes is 1. The normalized spacial score (nSPS) is 10.5. The quantitative estimate of drug-likeness (QED) is 0.603. The van der Waals surface area contributed by atoms with E-state index in [2.05, 4.69) is 27.7 Å². The predicted octanol–water partition coefficient (Wildman–Crippen LogP) is 1.88. The summed E-state index contributed by atoms with van der Waals surface area (Å²) < 4.78 is 2.63. The van der Waals surface area contributed by atoms with Gasteiger partial charge in [-0.1, -0.05) is 0 Å². The van der Waals surface area contributed by atoms with Gasteiger partial charge in [0.2, 0.25) is 0 Å². The third-order valence-corrected chi connectivity index (χ3v) is 2.22. The van der Waals surface area contributed by atoms with E-state index in [1.54, 1.807) is 10.9 Å². The van der Waals surface area contributed by atoms with E-state index in [9.17, 15) is 4.79 Å². The number of halogens is 1. The molecule has 0 aliphatic heterocycles. The van der Waals surface area contributed by atoms with E-state index in [1.807, 2.05) is 13.8 Å². The molecule has 0 aromatic carbocycles. The third kappa shape index (κ3) is 1.61. The zero-order chi connectivity index (χ0) is 8.43. The Morgan fingerprint density at radius 3 is 2.73 bits per heavy atom. The average Bonchev–Trinajstić information content (AvgIpc) is 2.30. The van der Waals surface area contributed by atoms with Gasteiger partial charge in [0, 0.05) is 6.04 Å². The minimum absolute atomic E-state index is 0.249. The lowest BCUT2D eigenvalue weighted by Gasteiger charge is -2.06. The molecular weight excluding hydrogens is 255 g/mol. The summed E-state index contributed by atoms with van der Waals surface area (Å²) in [6.45, 7) is 3.99. The van der Waals surface area contributed by atoms with Gasteiger partial charge in [0.25, 0.3) is 0 Å². The van der Waals surface area contributed by atoms with Crippen molar-refractivity contribution in [3.8, 4) is 0 Å². The first-order valence-corrected chi connectivity index (χ1v) is 4.43. The monoisotopic (exact) mass is 264 g/mol. The Labute approximate surface area is 78.9 Å². The average molecular weight is 264 g/mol. The van der Waals surface area contributed by atoms with Crippen molar-refractivity contribution in [1.82, 2.24) is 9.78 Å². The Morgan fingerprint density at radius 2 is 2.36 bits per heavy atom. The second-order valence-corrected chi connectivity index (χ2v) is 3.70. The molecule has 1 rings (SSSR count). The molecule has 0 N–H and O–H groups in total. The van der Waals surface area contributed by atoms with E-state index in [-0.39, 0.29) is 6.04 Å². The van der Waals surface area contributed by atoms with E-state index in [0.717, 1.165) is 9.86 Å². The van der Waals surface area contributed by atoms with Gasteiger partial charge in [0.1, 0.15) is 5.69 Å². The molecule has 11 heavy (non-hydrogen) atoms. The second-order valence-electron chi connectivity index (χ2n) is 2.53. The molecule has 0 spiro atoms. The number of hydrogen-bond acceptors (Lipinski definition) is 2. The van der Waals surface area contributed by atoms with Crippen LogP contribution in [0.25, 0.3) is 0 Å². The molecule has 0 amide bonds. The van der Waals surface area contributed by atoms with Crippen molar-refractivity contribution in [2.24, 2.45) is 0 Å². The van der Waals surface area contributed by atoms with Gasteiger partial charge in [0.15, 0.2) is 6.29 Å². The zero-order valence-electron chi connectivity index (χ0n) is 6.41. The van der Waals surface area contributed by atoms with Gasteiger partial charge in [-0.3, -0.25) is 9.48 Å². The molecule has 1 aromatic rings. The highest BCUT2D eigenvalue weighted by atomic mass is 127. The van der Waals surface area contributed by atoms with Crippen molar-refractivity contribution in [2.75, 3.05) is 0 Å². The first kappa shape index (κ1) is 8.70. The number of rotatable bonds is 2. The van der Waals surface area contributed by atoms with Gasteiger partial charge in [-0.05, 0) is 36.4 Å². The van der Waals surface area contributed by atoms with E-state index in [0.29, 0.717) is 5.69 Å². The summed E-state index contributed by atoms with van der Waals surface area (Å²) in [5.74, 6) is 0. The fraction of sp³-hybridized carbons (Fsp3) is 0.429. The second kappa shape index (κ2) is 3.34. The summed E-state index contributed by atoms with van der Waals surface area (Å²) in [4.78, 5) is 10.5. The summed E-state index contributed by atoms with van der Waals surface area (Å²) in [6.07, 6.45) is 2.54. The van der Waals surface area contributed by atoms with Gasteiger partial charge < -0.3 is 0 Å². The van der Waals surface area contributed by atoms with Crippen LogP contribution in [0.2, 0.25) is 0 Å². The van der Waals surface area contributed by atoms with Crippen LogP contribution in [-0.2, 0) is 0 Å². The first-order valence-electron chi connectivity index (χ1n) is 3.35. The van der Waals surface area contributed by atoms with Crippen LogP contribution in [0.5, 0.6) is 0 Å². The van der Waals surface area contributed by atoms with Crippen LogP contribution < -0.4 is 0 Å². The third-order valence-electron chi connectivity index (χ3n) is 1.39. The van der Waals surface area contributed by atoms with Gasteiger partial charge in [-0.15, -0.1) is 0 Å². The largest absolute Gasteiger partial charge is 0.296 e. The summed E-state index contributed by atoms with van der Waals surface area (Å²) >= 11 is 2.10. The Kier molecular flexibility index (Phi) is 2.64. The lowest BCUT2D eigenvalue weighted by Crippen LogP contribution is -2.06. The van der Waals surface area contributed by atoms with Gasteiger partial charge >= 0.3 is 0 Å². The van der Waals surface area contributed by atoms with E-state index in [4.69, 9.17) is 0 Å². The fourth-order valence-electron chi connectivity index (χ4n) is 0.872. The highest BCUT2D eigenvalue weighted by Gasteiger charge is 2.08. The summed E-state index contributed by atoms with van der Waals surface area (Å²) in [5, 5.41) is 4.06. The maximum atomic E-state index is 10.5. The van der Waals surface area contributed by atoms with Crippen LogP contribution in [0, 0.1) is 3.57 Å². The number of nitrogens with zero attached hydrogens (tertiary/aromatic N) is 2. The van der Waals surface area contributed by atoms with Crippen LogP contribution >= 0.6 is 22.6 Å². The Bertz CT molecular complexity index is 267. The summed E-state index contributed by atoms with van der Waals surface area (Å²) in [6, 6.07) is 0.249. The minimum Gasteiger partial charge on any atom is -0.296 e. The molecule has 0 saturated carbocycles. The van der Waals surface area contributed by atoms with E-state index >= 15 is 0 Å². The molecule has 0 aliphatic rings. The molecule has 1 aromatic heterocycles. The fourth-order valence-corrected chi connectivity index (χ4v) is 1.37. The number of aromatic nitrogens is 2. The van der Waals surface area contributed by atoms with Gasteiger partial charge in [-0.2, -0.15) is 5.10 Å². The number of hydrogen-bond donors (Lipinski definition) is 0. The maximum absolute atomic E-state index is 10.5. The number of carbonyl (C=O) groups excluding carboxylic acids is 1. The van der Waals surface area contributed by atoms with Crippen molar-refractivity contribution >= 4 is 28.9 Å². The minimum atomic E-state index is 0.249. The molecule has 0 saturated heterocycles. The summed E-state index contributed by atoms with van der Waals surface area (Å²) in [7, 11) is 0. The predicted molar refractivity (Wildman–Crippen MR) is 50.7 cm³/mol. The molecular formula is C7H9IN2O. The molecule has 0 radical (unpaired) electrons. The van der Waals surface area contributed by atoms with Crippen molar-refractivity contribution in [3.63, 3.8) is 0 Å². The Hall–Kier alpha value is -0.390. The zero-order valence-corrected chi connectivity index (χ0v) is 8.57. The molecule has 3 nitrogen and oxygen atoms in total. The molecule has 4 heteroatoms. The van der Waals surface area contributed by atoms with Gasteiger partial charge in [-0.25, -0.2) is 0 Å². The Morgan fingerprint density at radius 1 is 1.73 bits per heavy atom. The molecule has 0 unspecified atom stereocenters. The SMILES string of the molecule is CC(C)n1ncc(I)c1C=O. The smallest absolute Gasteiger partial charge is 0.169 e. The van der Waals surface area contributed by atoms with E-state index in [1.165, 1.54) is 0 Å². The molecule has 1 heterocycles.